The van der Waals surface area contributed by atoms with Crippen LogP contribution in [0, 0.1) is 5.92 Å². The van der Waals surface area contributed by atoms with Gasteiger partial charge in [-0.2, -0.15) is 0 Å². The van der Waals surface area contributed by atoms with Gasteiger partial charge in [0.05, 0.1) is 11.4 Å². The van der Waals surface area contributed by atoms with Gasteiger partial charge in [0.2, 0.25) is 5.91 Å². The Morgan fingerprint density at radius 2 is 1.80 bits per heavy atom. The first-order chi connectivity index (χ1) is 19.5. The minimum absolute atomic E-state index is 0.0119. The summed E-state index contributed by atoms with van der Waals surface area (Å²) >= 11 is 0. The van der Waals surface area contributed by atoms with Crippen LogP contribution in [0.4, 0.5) is 11.4 Å². The van der Waals surface area contributed by atoms with Gasteiger partial charge in [0.25, 0.3) is 11.5 Å². The topological polar surface area (TPSA) is 74.7 Å². The number of nitrogens with zero attached hydrogens (tertiary/aromatic N) is 3. The zero-order chi connectivity index (χ0) is 27.6. The summed E-state index contributed by atoms with van der Waals surface area (Å²) in [5, 5.41) is 3.09. The Morgan fingerprint density at radius 3 is 2.62 bits per heavy atom. The molecule has 7 heteroatoms. The summed E-state index contributed by atoms with van der Waals surface area (Å²) < 4.78 is 1.93. The molecule has 1 aromatic heterocycles. The molecule has 3 atom stereocenters. The number of carbonyl (C=O) groups excluding carboxylic acids is 2. The zero-order valence-corrected chi connectivity index (χ0v) is 23.0. The van der Waals surface area contributed by atoms with E-state index in [0.29, 0.717) is 23.7 Å². The van der Waals surface area contributed by atoms with Crippen LogP contribution in [0.5, 0.6) is 0 Å². The Balaban J connectivity index is 1.31. The van der Waals surface area contributed by atoms with E-state index < -0.39 is 0 Å². The first-order valence-electron chi connectivity index (χ1n) is 14.4. The number of piperidine rings is 2. The summed E-state index contributed by atoms with van der Waals surface area (Å²) in [4.78, 5) is 43.4. The third kappa shape index (κ3) is 5.33. The smallest absolute Gasteiger partial charge is 0.254 e. The normalized spacial score (nSPS) is 22.2. The molecule has 2 fully saturated rings. The molecule has 3 aromatic rings. The summed E-state index contributed by atoms with van der Waals surface area (Å²) in [5.41, 5.74) is 4.23. The van der Waals surface area contributed by atoms with Crippen molar-refractivity contribution >= 4 is 29.3 Å². The molecule has 0 saturated carbocycles. The van der Waals surface area contributed by atoms with Crippen LogP contribution < -0.4 is 15.8 Å². The molecule has 6 rings (SSSR count). The molecule has 0 aliphatic carbocycles. The maximum absolute atomic E-state index is 13.5. The van der Waals surface area contributed by atoms with Crippen molar-refractivity contribution in [3.8, 4) is 0 Å². The molecule has 206 valence electrons. The number of nitrogens with one attached hydrogen (secondary N) is 1. The number of carbonyl (C=O) groups is 2. The molecule has 2 amide bonds. The van der Waals surface area contributed by atoms with Crippen molar-refractivity contribution in [1.29, 1.82) is 0 Å². The number of fused-ring (bicyclic) bond motifs is 4. The number of benzene rings is 2. The first-order valence-corrected chi connectivity index (χ1v) is 14.4. The van der Waals surface area contributed by atoms with Crippen LogP contribution in [0.1, 0.15) is 60.1 Å². The summed E-state index contributed by atoms with van der Waals surface area (Å²) in [6.07, 6.45) is 7.55. The van der Waals surface area contributed by atoms with Crippen LogP contribution in [-0.2, 0) is 11.3 Å². The van der Waals surface area contributed by atoms with Gasteiger partial charge in [-0.25, -0.2) is 0 Å². The van der Waals surface area contributed by atoms with E-state index in [-0.39, 0.29) is 29.3 Å². The van der Waals surface area contributed by atoms with Crippen molar-refractivity contribution in [2.24, 2.45) is 5.92 Å². The lowest BCUT2D eigenvalue weighted by Crippen LogP contribution is -2.47. The van der Waals surface area contributed by atoms with Gasteiger partial charge in [-0.15, -0.1) is 0 Å². The van der Waals surface area contributed by atoms with Crippen molar-refractivity contribution in [3.05, 3.63) is 100.0 Å². The van der Waals surface area contributed by atoms with Crippen LogP contribution in [0.15, 0.2) is 77.6 Å². The van der Waals surface area contributed by atoms with Gasteiger partial charge in [0, 0.05) is 61.5 Å². The molecule has 0 radical (unpaired) electrons. The minimum Gasteiger partial charge on any atom is -0.369 e. The number of pyridine rings is 1. The van der Waals surface area contributed by atoms with E-state index in [0.717, 1.165) is 62.3 Å². The predicted molar refractivity (Wildman–Crippen MR) is 159 cm³/mol. The number of hydrogen-bond acceptors (Lipinski definition) is 4. The standard InChI is InChI=1S/C33H36N4O3/c1-23-8-5-6-17-36(23)33(40)26-14-15-30(28(19-26)34-31(38)16-13-24-9-3-2-4-10-24)35-20-25-18-27(22-35)29-11-7-12-32(39)37(29)21-25/h2-4,7,9-16,19,23,25,27H,5-6,8,17-18,20-22H2,1H3,(H,34,38). The highest BCUT2D eigenvalue weighted by Gasteiger charge is 2.35. The van der Waals surface area contributed by atoms with Crippen molar-refractivity contribution in [1.82, 2.24) is 9.47 Å². The summed E-state index contributed by atoms with van der Waals surface area (Å²) in [6, 6.07) is 21.2. The molecule has 3 aliphatic heterocycles. The average Bonchev–Trinajstić information content (AvgIpc) is 2.97. The molecule has 0 spiro atoms. The summed E-state index contributed by atoms with van der Waals surface area (Å²) in [7, 11) is 0. The molecule has 4 heterocycles. The Kier molecular flexibility index (Phi) is 7.29. The molecule has 2 aromatic carbocycles. The van der Waals surface area contributed by atoms with Gasteiger partial charge in [0.15, 0.2) is 0 Å². The van der Waals surface area contributed by atoms with Crippen LogP contribution >= 0.6 is 0 Å². The molecule has 3 aliphatic rings. The van der Waals surface area contributed by atoms with Crippen LogP contribution in [-0.4, -0.2) is 47.0 Å². The van der Waals surface area contributed by atoms with Crippen LogP contribution in [0.25, 0.3) is 6.08 Å². The Labute approximate surface area is 235 Å². The fourth-order valence-corrected chi connectivity index (χ4v) is 6.61. The zero-order valence-electron chi connectivity index (χ0n) is 23.0. The van der Waals surface area contributed by atoms with E-state index in [9.17, 15) is 14.4 Å². The monoisotopic (exact) mass is 536 g/mol. The van der Waals surface area contributed by atoms with E-state index in [1.807, 2.05) is 64.1 Å². The van der Waals surface area contributed by atoms with Gasteiger partial charge in [0.1, 0.15) is 0 Å². The summed E-state index contributed by atoms with van der Waals surface area (Å²) in [6.45, 7) is 5.11. The average molecular weight is 537 g/mol. The number of hydrogen-bond donors (Lipinski definition) is 1. The van der Waals surface area contributed by atoms with E-state index in [1.165, 1.54) is 6.08 Å². The van der Waals surface area contributed by atoms with Gasteiger partial charge >= 0.3 is 0 Å². The SMILES string of the molecule is CC1CCCCN1C(=O)c1ccc(N2CC3CC(C2)c2cccc(=O)n2C3)c(NC(=O)C=Cc2ccccc2)c1. The second-order valence-corrected chi connectivity index (χ2v) is 11.4. The molecule has 7 nitrogen and oxygen atoms in total. The van der Waals surface area contributed by atoms with Crippen molar-refractivity contribution in [3.63, 3.8) is 0 Å². The molecule has 2 saturated heterocycles. The van der Waals surface area contributed by atoms with Gasteiger partial charge in [-0.05, 0) is 74.4 Å². The maximum Gasteiger partial charge on any atom is 0.254 e. The molecule has 1 N–H and O–H groups in total. The lowest BCUT2D eigenvalue weighted by molar-refractivity contribution is -0.111. The lowest BCUT2D eigenvalue weighted by Gasteiger charge is -2.44. The number of likely N-dealkylation sites (tertiary alicyclic amines) is 1. The van der Waals surface area contributed by atoms with E-state index in [2.05, 4.69) is 23.2 Å². The maximum atomic E-state index is 13.5. The molecular formula is C33H36N4O3. The van der Waals surface area contributed by atoms with Gasteiger partial charge in [-0.1, -0.05) is 36.4 Å². The highest BCUT2D eigenvalue weighted by molar-refractivity contribution is 6.05. The molecular weight excluding hydrogens is 500 g/mol. The second-order valence-electron chi connectivity index (χ2n) is 11.4. The quantitative estimate of drug-likeness (QED) is 0.459. The van der Waals surface area contributed by atoms with Gasteiger partial charge < -0.3 is 19.7 Å². The third-order valence-corrected chi connectivity index (χ3v) is 8.61. The minimum atomic E-state index is -0.241. The Bertz CT molecular complexity index is 1500. The second kappa shape index (κ2) is 11.2. The number of anilines is 2. The highest BCUT2D eigenvalue weighted by Crippen LogP contribution is 2.39. The largest absolute Gasteiger partial charge is 0.369 e. The Morgan fingerprint density at radius 1 is 0.950 bits per heavy atom. The number of aromatic nitrogens is 1. The predicted octanol–water partition coefficient (Wildman–Crippen LogP) is 5.14. The number of rotatable bonds is 5. The lowest BCUT2D eigenvalue weighted by atomic mass is 9.83. The van der Waals surface area contributed by atoms with E-state index >= 15 is 0 Å². The molecule has 3 unspecified atom stereocenters. The van der Waals surface area contributed by atoms with Gasteiger partial charge in [-0.3, -0.25) is 14.4 Å². The fourth-order valence-electron chi connectivity index (χ4n) is 6.61. The Hall–Kier alpha value is -4.13. The van der Waals surface area contributed by atoms with E-state index in [4.69, 9.17) is 0 Å². The van der Waals surface area contributed by atoms with Crippen LogP contribution in [0.2, 0.25) is 0 Å². The third-order valence-electron chi connectivity index (χ3n) is 8.61. The first kappa shape index (κ1) is 26.1. The summed E-state index contributed by atoms with van der Waals surface area (Å²) in [5.74, 6) is 0.342. The van der Waals surface area contributed by atoms with E-state index in [1.54, 1.807) is 12.1 Å². The highest BCUT2D eigenvalue weighted by atomic mass is 16.2. The van der Waals surface area contributed by atoms with Crippen LogP contribution in [0.3, 0.4) is 0 Å². The molecule has 2 bridgehead atoms. The van der Waals surface area contributed by atoms with Crippen molar-refractivity contribution in [2.75, 3.05) is 29.9 Å². The van der Waals surface area contributed by atoms with Crippen molar-refractivity contribution in [2.45, 2.75) is 51.1 Å². The fraction of sp³-hybridized carbons (Fsp3) is 0.364. The number of amides is 2. The molecule has 40 heavy (non-hydrogen) atoms. The van der Waals surface area contributed by atoms with Crippen molar-refractivity contribution < 1.29 is 9.59 Å².